The van der Waals surface area contributed by atoms with Crippen molar-refractivity contribution < 1.29 is 13.6 Å². The van der Waals surface area contributed by atoms with E-state index in [0.29, 0.717) is 18.2 Å². The van der Waals surface area contributed by atoms with Crippen molar-refractivity contribution in [1.82, 2.24) is 0 Å². The fourth-order valence-electron chi connectivity index (χ4n) is 2.51. The molecule has 1 saturated carbocycles. The summed E-state index contributed by atoms with van der Waals surface area (Å²) in [4.78, 5) is 0. The van der Waals surface area contributed by atoms with Gasteiger partial charge in [-0.15, -0.1) is 0 Å². The van der Waals surface area contributed by atoms with Gasteiger partial charge in [-0.1, -0.05) is 13.8 Å². The first-order valence-corrected chi connectivity index (χ1v) is 6.56. The van der Waals surface area contributed by atoms with E-state index in [9.17, 15) is 4.57 Å². The molecule has 2 rings (SSSR count). The van der Waals surface area contributed by atoms with Crippen molar-refractivity contribution in [3.8, 4) is 0 Å². The smallest absolute Gasteiger partial charge is 0.312 e. The molecule has 0 aromatic rings. The van der Waals surface area contributed by atoms with E-state index in [-0.39, 0.29) is 0 Å². The minimum absolute atomic E-state index is 0.326. The summed E-state index contributed by atoms with van der Waals surface area (Å²) in [6, 6.07) is 0. The summed E-state index contributed by atoms with van der Waals surface area (Å²) in [5, 5.41) is 0. The lowest BCUT2D eigenvalue weighted by atomic mass is 10.0. The van der Waals surface area contributed by atoms with Crippen LogP contribution in [-0.4, -0.2) is 19.9 Å². The third-order valence-electron chi connectivity index (χ3n) is 4.11. The van der Waals surface area contributed by atoms with Crippen LogP contribution in [0.4, 0.5) is 0 Å². The predicted octanol–water partition coefficient (Wildman–Crippen LogP) is 2.52. The van der Waals surface area contributed by atoms with Gasteiger partial charge < -0.3 is 9.05 Å². The highest BCUT2D eigenvalue weighted by Crippen LogP contribution is 2.68. The van der Waals surface area contributed by atoms with Gasteiger partial charge in [0, 0.05) is 12.5 Å². The number of rotatable bonds is 1. The van der Waals surface area contributed by atoms with Crippen molar-refractivity contribution in [2.75, 3.05) is 19.9 Å². The molecule has 4 heteroatoms. The number of hydrogen-bond donors (Lipinski definition) is 0. The highest BCUT2D eigenvalue weighted by Gasteiger charge is 2.61. The monoisotopic (exact) mass is 204 g/mol. The summed E-state index contributed by atoms with van der Waals surface area (Å²) in [6.07, 6.45) is 1.60. The fourth-order valence-corrected chi connectivity index (χ4v) is 4.06. The molecule has 0 bridgehead atoms. The molecule has 76 valence electrons. The summed E-state index contributed by atoms with van der Waals surface area (Å²) in [5.41, 5.74) is 0.326. The van der Waals surface area contributed by atoms with E-state index in [0.717, 1.165) is 18.3 Å². The zero-order chi connectivity index (χ0) is 9.69. The standard InChI is InChI=1S/C9H17O3P/c1-7-8(2)9(7)4-5-13(10,11-3)12-6-9/h7-8H,4-6H2,1-3H3. The van der Waals surface area contributed by atoms with E-state index in [1.165, 1.54) is 7.11 Å². The zero-order valence-electron chi connectivity index (χ0n) is 8.45. The summed E-state index contributed by atoms with van der Waals surface area (Å²) in [6.45, 7) is 5.12. The van der Waals surface area contributed by atoms with Gasteiger partial charge >= 0.3 is 7.60 Å². The zero-order valence-corrected chi connectivity index (χ0v) is 9.34. The first-order valence-electron chi connectivity index (χ1n) is 4.83. The molecule has 3 unspecified atom stereocenters. The molecule has 0 amide bonds. The van der Waals surface area contributed by atoms with Gasteiger partial charge in [0.05, 0.1) is 12.8 Å². The number of hydrogen-bond acceptors (Lipinski definition) is 3. The molecule has 3 atom stereocenters. The van der Waals surface area contributed by atoms with Crippen LogP contribution in [0, 0.1) is 17.3 Å². The lowest BCUT2D eigenvalue weighted by Gasteiger charge is -2.28. The lowest BCUT2D eigenvalue weighted by molar-refractivity contribution is 0.147. The van der Waals surface area contributed by atoms with Gasteiger partial charge in [0.15, 0.2) is 0 Å². The van der Waals surface area contributed by atoms with Gasteiger partial charge in [-0.3, -0.25) is 4.57 Å². The van der Waals surface area contributed by atoms with E-state index in [2.05, 4.69) is 13.8 Å². The van der Waals surface area contributed by atoms with Crippen LogP contribution in [0.3, 0.4) is 0 Å². The Kier molecular flexibility index (Phi) is 2.10. The Morgan fingerprint density at radius 3 is 2.38 bits per heavy atom. The third kappa shape index (κ3) is 1.29. The Morgan fingerprint density at radius 2 is 2.08 bits per heavy atom. The Balaban J connectivity index is 2.02. The molecule has 3 nitrogen and oxygen atoms in total. The van der Waals surface area contributed by atoms with Crippen molar-refractivity contribution in [2.24, 2.45) is 17.3 Å². The molecule has 0 aromatic heterocycles. The van der Waals surface area contributed by atoms with Gasteiger partial charge in [0.1, 0.15) is 0 Å². The molecular weight excluding hydrogens is 187 g/mol. The molecule has 1 aliphatic heterocycles. The maximum absolute atomic E-state index is 11.7. The first-order chi connectivity index (χ1) is 6.04. The summed E-state index contributed by atoms with van der Waals surface area (Å²) < 4.78 is 22.0. The molecule has 1 heterocycles. The van der Waals surface area contributed by atoms with Crippen molar-refractivity contribution in [3.05, 3.63) is 0 Å². The summed E-state index contributed by atoms with van der Waals surface area (Å²) >= 11 is 0. The molecule has 1 saturated heterocycles. The van der Waals surface area contributed by atoms with E-state index in [1.54, 1.807) is 0 Å². The van der Waals surface area contributed by atoms with Crippen molar-refractivity contribution in [2.45, 2.75) is 20.3 Å². The van der Waals surface area contributed by atoms with Crippen molar-refractivity contribution in [3.63, 3.8) is 0 Å². The second kappa shape index (κ2) is 2.82. The lowest BCUT2D eigenvalue weighted by Crippen LogP contribution is -2.22. The van der Waals surface area contributed by atoms with Crippen molar-refractivity contribution >= 4 is 7.60 Å². The highest BCUT2D eigenvalue weighted by molar-refractivity contribution is 7.53. The quantitative estimate of drug-likeness (QED) is 0.615. The Labute approximate surface area is 79.3 Å². The predicted molar refractivity (Wildman–Crippen MR) is 50.8 cm³/mol. The maximum atomic E-state index is 11.7. The average Bonchev–Trinajstić information content (AvgIpc) is 2.65. The van der Waals surface area contributed by atoms with Crippen LogP contribution in [0.5, 0.6) is 0 Å². The average molecular weight is 204 g/mol. The second-order valence-corrected chi connectivity index (χ2v) is 6.64. The Hall–Kier alpha value is 0.150. The largest absolute Gasteiger partial charge is 0.330 e. The molecule has 1 spiro atoms. The van der Waals surface area contributed by atoms with Gasteiger partial charge in [0.2, 0.25) is 0 Å². The summed E-state index contributed by atoms with van der Waals surface area (Å²) in [7, 11) is -1.22. The van der Waals surface area contributed by atoms with E-state index in [4.69, 9.17) is 9.05 Å². The summed E-state index contributed by atoms with van der Waals surface area (Å²) in [5.74, 6) is 1.44. The van der Waals surface area contributed by atoms with Crippen LogP contribution >= 0.6 is 7.60 Å². The molecule has 0 N–H and O–H groups in total. The van der Waals surface area contributed by atoms with Gasteiger partial charge in [-0.2, -0.15) is 0 Å². The van der Waals surface area contributed by atoms with E-state index in [1.807, 2.05) is 0 Å². The molecule has 13 heavy (non-hydrogen) atoms. The minimum Gasteiger partial charge on any atom is -0.312 e. The molecule has 2 fully saturated rings. The van der Waals surface area contributed by atoms with E-state index < -0.39 is 7.60 Å². The topological polar surface area (TPSA) is 35.5 Å². The second-order valence-electron chi connectivity index (χ2n) is 4.35. The maximum Gasteiger partial charge on any atom is 0.330 e. The van der Waals surface area contributed by atoms with Crippen LogP contribution in [0.25, 0.3) is 0 Å². The van der Waals surface area contributed by atoms with E-state index >= 15 is 0 Å². The normalized spacial score (nSPS) is 55.3. The molecule has 0 aromatic carbocycles. The molecule has 0 radical (unpaired) electrons. The molecule has 2 aliphatic rings. The van der Waals surface area contributed by atoms with Crippen LogP contribution in [0.2, 0.25) is 0 Å². The third-order valence-corrected chi connectivity index (χ3v) is 5.96. The molecule has 1 aliphatic carbocycles. The SMILES string of the molecule is COP1(=O)CCC2(CO1)C(C)C2C. The van der Waals surface area contributed by atoms with Gasteiger partial charge in [-0.05, 0) is 18.3 Å². The van der Waals surface area contributed by atoms with Gasteiger partial charge in [-0.25, -0.2) is 0 Å². The fraction of sp³-hybridized carbons (Fsp3) is 1.00. The molecular formula is C9H17O3P. The van der Waals surface area contributed by atoms with Crippen LogP contribution in [-0.2, 0) is 13.6 Å². The first kappa shape index (κ1) is 9.70. The van der Waals surface area contributed by atoms with Gasteiger partial charge in [0.25, 0.3) is 0 Å². The van der Waals surface area contributed by atoms with Crippen molar-refractivity contribution in [1.29, 1.82) is 0 Å². The highest BCUT2D eigenvalue weighted by atomic mass is 31.2. The van der Waals surface area contributed by atoms with Crippen LogP contribution < -0.4 is 0 Å². The Morgan fingerprint density at radius 1 is 1.46 bits per heavy atom. The minimum atomic E-state index is -2.69. The Bertz CT molecular complexity index is 242. The van der Waals surface area contributed by atoms with Crippen LogP contribution in [0.15, 0.2) is 0 Å². The van der Waals surface area contributed by atoms with Crippen LogP contribution in [0.1, 0.15) is 20.3 Å².